The second-order valence-corrected chi connectivity index (χ2v) is 6.24. The Balaban J connectivity index is 2.19. The van der Waals surface area contributed by atoms with Crippen molar-refractivity contribution < 1.29 is 22.4 Å². The van der Waals surface area contributed by atoms with E-state index in [1.807, 2.05) is 0 Å². The molecule has 0 aliphatic rings. The molecule has 0 N–H and O–H groups in total. The van der Waals surface area contributed by atoms with Crippen LogP contribution in [0.2, 0.25) is 0 Å². The largest absolute Gasteiger partial charge is 0.430 e. The molecule has 0 radical (unpaired) electrons. The SMILES string of the molecule is CCP(=O)(Oc1cccc(F)c1)Oc1cccc(F)c1. The molecule has 0 bridgehead atoms. The van der Waals surface area contributed by atoms with Gasteiger partial charge in [-0.15, -0.1) is 0 Å². The fraction of sp³-hybridized carbons (Fsp3) is 0.143. The molecule has 0 amide bonds. The Hall–Kier alpha value is -1.87. The Kier molecular flexibility index (Phi) is 4.40. The average molecular weight is 298 g/mol. The van der Waals surface area contributed by atoms with Crippen LogP contribution in [0.1, 0.15) is 6.92 Å². The Morgan fingerprint density at radius 2 is 1.40 bits per heavy atom. The summed E-state index contributed by atoms with van der Waals surface area (Å²) in [5.41, 5.74) is 0. The molecule has 0 heterocycles. The summed E-state index contributed by atoms with van der Waals surface area (Å²) in [7, 11) is -3.52. The van der Waals surface area contributed by atoms with Crippen molar-refractivity contribution in [2.75, 3.05) is 6.16 Å². The quantitative estimate of drug-likeness (QED) is 0.755. The van der Waals surface area contributed by atoms with Crippen LogP contribution in [-0.4, -0.2) is 6.16 Å². The van der Waals surface area contributed by atoms with Gasteiger partial charge in [0.1, 0.15) is 23.1 Å². The standard InChI is InChI=1S/C14H13F2O3P/c1-2-20(17,18-13-7-3-5-11(15)9-13)19-14-8-4-6-12(16)10-14/h3-10H,2H2,1H3. The molecule has 0 atom stereocenters. The molecule has 20 heavy (non-hydrogen) atoms. The summed E-state index contributed by atoms with van der Waals surface area (Å²) in [5, 5.41) is 0. The van der Waals surface area contributed by atoms with Gasteiger partial charge in [-0.25, -0.2) is 13.3 Å². The van der Waals surface area contributed by atoms with Crippen molar-refractivity contribution in [3.8, 4) is 11.5 Å². The van der Waals surface area contributed by atoms with Crippen molar-refractivity contribution in [2.45, 2.75) is 6.92 Å². The molecule has 2 rings (SSSR count). The molecule has 2 aromatic rings. The van der Waals surface area contributed by atoms with Crippen molar-refractivity contribution in [1.82, 2.24) is 0 Å². The molecule has 0 aliphatic heterocycles. The molecule has 2 aromatic carbocycles. The van der Waals surface area contributed by atoms with Crippen molar-refractivity contribution in [2.24, 2.45) is 0 Å². The first-order valence-corrected chi connectivity index (χ1v) is 7.73. The molecule has 106 valence electrons. The van der Waals surface area contributed by atoms with Crippen LogP contribution in [0.4, 0.5) is 8.78 Å². The van der Waals surface area contributed by atoms with Crippen molar-refractivity contribution in [1.29, 1.82) is 0 Å². The number of benzene rings is 2. The predicted octanol–water partition coefficient (Wildman–Crippen LogP) is 4.64. The normalized spacial score (nSPS) is 11.2. The van der Waals surface area contributed by atoms with Gasteiger partial charge in [-0.1, -0.05) is 19.1 Å². The van der Waals surface area contributed by atoms with E-state index in [2.05, 4.69) is 0 Å². The number of rotatable bonds is 5. The predicted molar refractivity (Wildman–Crippen MR) is 72.2 cm³/mol. The summed E-state index contributed by atoms with van der Waals surface area (Å²) in [4.78, 5) is 0. The second kappa shape index (κ2) is 6.06. The van der Waals surface area contributed by atoms with E-state index in [1.54, 1.807) is 6.92 Å². The summed E-state index contributed by atoms with van der Waals surface area (Å²) in [6.45, 7) is 1.61. The smallest absolute Gasteiger partial charge is 0.416 e. The minimum Gasteiger partial charge on any atom is -0.416 e. The van der Waals surface area contributed by atoms with Crippen LogP contribution in [0.3, 0.4) is 0 Å². The molecule has 3 nitrogen and oxygen atoms in total. The van der Waals surface area contributed by atoms with Gasteiger partial charge in [0.15, 0.2) is 0 Å². The number of halogens is 2. The molecule has 0 saturated heterocycles. The Labute approximate surface area is 115 Å². The fourth-order valence-electron chi connectivity index (χ4n) is 1.52. The third-order valence-electron chi connectivity index (χ3n) is 2.47. The van der Waals surface area contributed by atoms with Crippen LogP contribution < -0.4 is 9.05 Å². The van der Waals surface area contributed by atoms with Crippen molar-refractivity contribution >= 4 is 7.60 Å². The fourth-order valence-corrected chi connectivity index (χ4v) is 2.68. The maximum absolute atomic E-state index is 13.1. The lowest BCUT2D eigenvalue weighted by molar-refractivity contribution is 0.385. The third kappa shape index (κ3) is 3.81. The van der Waals surface area contributed by atoms with Gasteiger partial charge in [0.25, 0.3) is 0 Å². The zero-order valence-corrected chi connectivity index (χ0v) is 11.6. The van der Waals surface area contributed by atoms with E-state index in [0.717, 1.165) is 12.1 Å². The summed E-state index contributed by atoms with van der Waals surface area (Å²) in [5.74, 6) is -0.801. The minimum atomic E-state index is -3.52. The zero-order chi connectivity index (χ0) is 14.6. The highest BCUT2D eigenvalue weighted by atomic mass is 31.2. The van der Waals surface area contributed by atoms with E-state index in [4.69, 9.17) is 9.05 Å². The minimum absolute atomic E-state index is 0.0695. The van der Waals surface area contributed by atoms with Gasteiger partial charge in [-0.05, 0) is 24.3 Å². The van der Waals surface area contributed by atoms with Crippen LogP contribution in [0.5, 0.6) is 11.5 Å². The van der Waals surface area contributed by atoms with Crippen LogP contribution in [0.25, 0.3) is 0 Å². The summed E-state index contributed by atoms with van der Waals surface area (Å²) in [6, 6.07) is 10.5. The van der Waals surface area contributed by atoms with Crippen LogP contribution in [0, 0.1) is 11.6 Å². The molecule has 0 saturated carbocycles. The van der Waals surface area contributed by atoms with Crippen LogP contribution in [0.15, 0.2) is 48.5 Å². The van der Waals surface area contributed by atoms with Crippen molar-refractivity contribution in [3.05, 3.63) is 60.2 Å². The number of hydrogen-bond acceptors (Lipinski definition) is 3. The zero-order valence-electron chi connectivity index (χ0n) is 10.8. The highest BCUT2D eigenvalue weighted by Crippen LogP contribution is 2.48. The van der Waals surface area contributed by atoms with E-state index in [-0.39, 0.29) is 17.7 Å². The Bertz CT molecular complexity index is 594. The summed E-state index contributed by atoms with van der Waals surface area (Å²) < 4.78 is 49.1. The Morgan fingerprint density at radius 1 is 0.950 bits per heavy atom. The van der Waals surface area contributed by atoms with Crippen LogP contribution in [-0.2, 0) is 4.57 Å². The molecule has 0 aliphatic carbocycles. The van der Waals surface area contributed by atoms with E-state index < -0.39 is 19.2 Å². The lowest BCUT2D eigenvalue weighted by Crippen LogP contribution is -2.03. The molecule has 6 heteroatoms. The van der Waals surface area contributed by atoms with E-state index in [1.165, 1.54) is 36.4 Å². The molecule has 0 spiro atoms. The number of hydrogen-bond donors (Lipinski definition) is 0. The van der Waals surface area contributed by atoms with Gasteiger partial charge in [-0.3, -0.25) is 0 Å². The van der Waals surface area contributed by atoms with E-state index >= 15 is 0 Å². The lowest BCUT2D eigenvalue weighted by Gasteiger charge is -2.18. The lowest BCUT2D eigenvalue weighted by atomic mass is 10.3. The first kappa shape index (κ1) is 14.5. The van der Waals surface area contributed by atoms with Crippen molar-refractivity contribution in [3.63, 3.8) is 0 Å². The first-order valence-electron chi connectivity index (χ1n) is 6.00. The van der Waals surface area contributed by atoms with Gasteiger partial charge in [0.2, 0.25) is 0 Å². The monoisotopic (exact) mass is 298 g/mol. The maximum Gasteiger partial charge on any atom is 0.430 e. The van der Waals surface area contributed by atoms with E-state index in [9.17, 15) is 13.3 Å². The third-order valence-corrected chi connectivity index (χ3v) is 4.22. The molecular formula is C14H13F2O3P. The van der Waals surface area contributed by atoms with Gasteiger partial charge >= 0.3 is 7.60 Å². The van der Waals surface area contributed by atoms with Gasteiger partial charge < -0.3 is 9.05 Å². The van der Waals surface area contributed by atoms with Gasteiger partial charge in [0, 0.05) is 12.1 Å². The highest BCUT2D eigenvalue weighted by molar-refractivity contribution is 7.54. The average Bonchev–Trinajstić information content (AvgIpc) is 2.38. The molecular weight excluding hydrogens is 285 g/mol. The van der Waals surface area contributed by atoms with E-state index in [0.29, 0.717) is 0 Å². The molecule has 0 aromatic heterocycles. The summed E-state index contributed by atoms with van der Waals surface area (Å²) in [6.07, 6.45) is 0.0695. The van der Waals surface area contributed by atoms with Gasteiger partial charge in [-0.2, -0.15) is 0 Å². The Morgan fingerprint density at radius 3 is 1.75 bits per heavy atom. The topological polar surface area (TPSA) is 35.5 Å². The molecule has 0 unspecified atom stereocenters. The first-order chi connectivity index (χ1) is 9.50. The van der Waals surface area contributed by atoms with Crippen LogP contribution >= 0.6 is 7.60 Å². The summed E-state index contributed by atoms with van der Waals surface area (Å²) >= 11 is 0. The van der Waals surface area contributed by atoms with Gasteiger partial charge in [0.05, 0.1) is 6.16 Å². The molecule has 0 fully saturated rings. The second-order valence-electron chi connectivity index (χ2n) is 4.02. The maximum atomic E-state index is 13.1. The highest BCUT2D eigenvalue weighted by Gasteiger charge is 2.25.